The van der Waals surface area contributed by atoms with Crippen molar-refractivity contribution in [2.45, 2.75) is 51.2 Å². The van der Waals surface area contributed by atoms with Crippen molar-refractivity contribution in [2.75, 3.05) is 18.2 Å². The predicted octanol–water partition coefficient (Wildman–Crippen LogP) is 4.60. The van der Waals surface area contributed by atoms with Crippen LogP contribution in [0, 0.1) is 11.2 Å². The maximum absolute atomic E-state index is 14.5. The molecule has 0 aliphatic rings. The number of carbonyl (C=O) groups excluding carboxylic acids is 1. The summed E-state index contributed by atoms with van der Waals surface area (Å²) in [5, 5.41) is 10.8. The molecular formula is C23H30FN3O4S. The van der Waals surface area contributed by atoms with E-state index in [1.54, 1.807) is 13.0 Å². The van der Waals surface area contributed by atoms with Crippen LogP contribution in [-0.4, -0.2) is 42.6 Å². The molecule has 2 aromatic rings. The Morgan fingerprint density at radius 3 is 2.53 bits per heavy atom. The molecule has 1 unspecified atom stereocenters. The van der Waals surface area contributed by atoms with Crippen LogP contribution in [0.25, 0.3) is 0 Å². The van der Waals surface area contributed by atoms with Gasteiger partial charge in [-0.15, -0.1) is 0 Å². The van der Waals surface area contributed by atoms with Gasteiger partial charge in [-0.3, -0.25) is 4.79 Å². The number of sulfone groups is 1. The number of benzene rings is 1. The van der Waals surface area contributed by atoms with Gasteiger partial charge in [0.25, 0.3) is 5.91 Å². The van der Waals surface area contributed by atoms with Crippen LogP contribution in [0.15, 0.2) is 36.5 Å². The molecule has 1 aromatic heterocycles. The van der Waals surface area contributed by atoms with E-state index >= 15 is 0 Å². The van der Waals surface area contributed by atoms with Gasteiger partial charge in [-0.05, 0) is 62.1 Å². The van der Waals surface area contributed by atoms with Crippen LogP contribution in [0.2, 0.25) is 0 Å². The highest BCUT2D eigenvalue weighted by atomic mass is 32.2. The summed E-state index contributed by atoms with van der Waals surface area (Å²) in [6.07, 6.45) is 2.47. The van der Waals surface area contributed by atoms with E-state index in [4.69, 9.17) is 10.1 Å². The molecule has 0 spiro atoms. The minimum Gasteiger partial charge on any atom is -0.495 e. The lowest BCUT2D eigenvalue weighted by Crippen LogP contribution is -2.42. The monoisotopic (exact) mass is 463 g/mol. The highest BCUT2D eigenvalue weighted by molar-refractivity contribution is 7.93. The molecule has 0 bridgehead atoms. The molecule has 1 amide bonds. The lowest BCUT2D eigenvalue weighted by Gasteiger charge is -2.27. The number of aromatic nitrogens is 1. The first-order valence-electron chi connectivity index (χ1n) is 10.3. The van der Waals surface area contributed by atoms with Gasteiger partial charge < -0.3 is 15.5 Å². The van der Waals surface area contributed by atoms with Crippen molar-refractivity contribution >= 4 is 27.1 Å². The van der Waals surface area contributed by atoms with Crippen molar-refractivity contribution < 1.29 is 22.3 Å². The third-order valence-corrected chi connectivity index (χ3v) is 8.20. The topological polar surface area (TPSA) is 109 Å². The summed E-state index contributed by atoms with van der Waals surface area (Å²) in [4.78, 5) is 16.5. The first-order chi connectivity index (χ1) is 14.9. The van der Waals surface area contributed by atoms with E-state index in [9.17, 15) is 17.6 Å². The van der Waals surface area contributed by atoms with Gasteiger partial charge in [0.1, 0.15) is 22.0 Å². The summed E-state index contributed by atoms with van der Waals surface area (Å²) in [7, 11) is -2.24. The molecule has 1 atom stereocenters. The van der Waals surface area contributed by atoms with Crippen LogP contribution in [-0.2, 0) is 9.84 Å². The third-order valence-electron chi connectivity index (χ3n) is 5.46. The second-order valence-corrected chi connectivity index (χ2v) is 10.8. The zero-order chi connectivity index (χ0) is 24.1. The van der Waals surface area contributed by atoms with Crippen molar-refractivity contribution in [1.29, 1.82) is 5.41 Å². The van der Waals surface area contributed by atoms with Crippen LogP contribution < -0.4 is 10.1 Å². The molecular weight excluding hydrogens is 433 g/mol. The van der Waals surface area contributed by atoms with Crippen molar-refractivity contribution in [2.24, 2.45) is 0 Å². The van der Waals surface area contributed by atoms with Gasteiger partial charge >= 0.3 is 0 Å². The normalized spacial score (nSPS) is 12.8. The van der Waals surface area contributed by atoms with Gasteiger partial charge in [0.15, 0.2) is 9.84 Å². The molecule has 0 aliphatic carbocycles. The summed E-state index contributed by atoms with van der Waals surface area (Å²) in [6, 6.07) is 7.13. The number of pyridine rings is 1. The molecule has 0 fully saturated rings. The first-order valence-corrected chi connectivity index (χ1v) is 12.0. The number of amides is 1. The van der Waals surface area contributed by atoms with Crippen molar-refractivity contribution in [1.82, 2.24) is 4.98 Å². The summed E-state index contributed by atoms with van der Waals surface area (Å²) in [5.74, 6) is -1.53. The molecule has 1 heterocycles. The van der Waals surface area contributed by atoms with Gasteiger partial charge in [0.05, 0.1) is 19.1 Å². The van der Waals surface area contributed by atoms with E-state index < -0.39 is 32.2 Å². The second kappa shape index (κ2) is 10.2. The van der Waals surface area contributed by atoms with Crippen LogP contribution in [0.3, 0.4) is 0 Å². The number of rotatable bonds is 10. The minimum atomic E-state index is -3.73. The van der Waals surface area contributed by atoms with Crippen molar-refractivity contribution in [3.05, 3.63) is 53.6 Å². The van der Waals surface area contributed by atoms with Crippen LogP contribution in [0.5, 0.6) is 5.75 Å². The highest BCUT2D eigenvalue weighted by Gasteiger charge is 2.39. The molecule has 0 saturated heterocycles. The Balaban J connectivity index is 2.22. The van der Waals surface area contributed by atoms with E-state index in [2.05, 4.69) is 10.3 Å². The Bertz CT molecular complexity index is 1080. The lowest BCUT2D eigenvalue weighted by atomic mass is 10.0. The number of hydrogen-bond donors (Lipinski definition) is 2. The molecule has 1 aromatic carbocycles. The van der Waals surface area contributed by atoms with Gasteiger partial charge in [0, 0.05) is 11.4 Å². The first kappa shape index (κ1) is 25.5. The zero-order valence-electron chi connectivity index (χ0n) is 19.0. The molecule has 174 valence electrons. The number of methoxy groups -OCH3 is 1. The SMILES string of the molecule is CCCC(=N)C(C)(C)S(=O)(=O)CC(C)c1cc(NC(=O)c2ccc(OC)cn2)ccc1F. The fourth-order valence-electron chi connectivity index (χ4n) is 3.20. The fraction of sp³-hybridized carbons (Fsp3) is 0.435. The Labute approximate surface area is 188 Å². The molecule has 9 heteroatoms. The van der Waals surface area contributed by atoms with E-state index in [-0.39, 0.29) is 22.7 Å². The Morgan fingerprint density at radius 1 is 1.28 bits per heavy atom. The molecule has 32 heavy (non-hydrogen) atoms. The predicted molar refractivity (Wildman–Crippen MR) is 124 cm³/mol. The zero-order valence-corrected chi connectivity index (χ0v) is 19.8. The average molecular weight is 464 g/mol. The van der Waals surface area contributed by atoms with Crippen LogP contribution in [0.4, 0.5) is 10.1 Å². The van der Waals surface area contributed by atoms with E-state index in [0.717, 1.165) is 0 Å². The Hall–Kier alpha value is -2.81. The van der Waals surface area contributed by atoms with Gasteiger partial charge in [0.2, 0.25) is 0 Å². The number of carbonyl (C=O) groups is 1. The smallest absolute Gasteiger partial charge is 0.274 e. The molecule has 0 saturated carbocycles. The van der Waals surface area contributed by atoms with Crippen molar-refractivity contribution in [3.8, 4) is 5.75 Å². The van der Waals surface area contributed by atoms with Crippen molar-refractivity contribution in [3.63, 3.8) is 0 Å². The number of ether oxygens (including phenoxy) is 1. The number of halogens is 1. The number of nitrogens with one attached hydrogen (secondary N) is 2. The van der Waals surface area contributed by atoms with Gasteiger partial charge in [-0.25, -0.2) is 17.8 Å². The summed E-state index contributed by atoms with van der Waals surface area (Å²) in [6.45, 7) is 6.53. The lowest BCUT2D eigenvalue weighted by molar-refractivity contribution is 0.102. The largest absolute Gasteiger partial charge is 0.495 e. The molecule has 0 aliphatic heterocycles. The standard InChI is InChI=1S/C23H30FN3O4S/c1-6-7-21(25)23(3,4)32(29,30)14-15(2)18-12-16(8-10-19(18)24)27-22(28)20-11-9-17(31-5)13-26-20/h8-13,15,25H,6-7,14H2,1-5H3,(H,27,28). The number of nitrogens with zero attached hydrogens (tertiary/aromatic N) is 1. The second-order valence-electron chi connectivity index (χ2n) is 8.20. The van der Waals surface area contributed by atoms with E-state index in [1.165, 1.54) is 51.4 Å². The highest BCUT2D eigenvalue weighted by Crippen LogP contribution is 2.29. The van der Waals surface area contributed by atoms with Crippen LogP contribution >= 0.6 is 0 Å². The summed E-state index contributed by atoms with van der Waals surface area (Å²) >= 11 is 0. The minimum absolute atomic E-state index is 0.140. The average Bonchev–Trinajstić information content (AvgIpc) is 2.74. The number of anilines is 1. The summed E-state index contributed by atoms with van der Waals surface area (Å²) < 4.78 is 44.2. The Kier molecular flexibility index (Phi) is 8.12. The van der Waals surface area contributed by atoms with E-state index in [1.807, 2.05) is 6.92 Å². The van der Waals surface area contributed by atoms with E-state index in [0.29, 0.717) is 24.3 Å². The quantitative estimate of drug-likeness (QED) is 0.501. The van der Waals surface area contributed by atoms with Gasteiger partial charge in [-0.2, -0.15) is 0 Å². The number of hydrogen-bond acceptors (Lipinski definition) is 6. The molecule has 2 rings (SSSR count). The Morgan fingerprint density at radius 2 is 1.97 bits per heavy atom. The maximum atomic E-state index is 14.5. The maximum Gasteiger partial charge on any atom is 0.274 e. The fourth-order valence-corrected chi connectivity index (χ4v) is 4.93. The third kappa shape index (κ3) is 5.70. The molecule has 2 N–H and O–H groups in total. The molecule has 7 nitrogen and oxygen atoms in total. The van der Waals surface area contributed by atoms with Crippen LogP contribution in [0.1, 0.15) is 62.5 Å². The molecule has 0 radical (unpaired) electrons. The van der Waals surface area contributed by atoms with Gasteiger partial charge in [-0.1, -0.05) is 20.3 Å². The summed E-state index contributed by atoms with van der Waals surface area (Å²) in [5.41, 5.74) is 0.794.